The summed E-state index contributed by atoms with van der Waals surface area (Å²) in [4.78, 5) is 19.2. The Kier molecular flexibility index (Phi) is 5.87. The number of fused-ring (bicyclic) bond motifs is 1. The van der Waals surface area contributed by atoms with E-state index in [1.165, 1.54) is 26.9 Å². The molecular formula is C21H16ClF4N3O3S. The van der Waals surface area contributed by atoms with Gasteiger partial charge in [-0.05, 0) is 36.8 Å². The molecule has 0 bridgehead atoms. The number of benzene rings is 2. The van der Waals surface area contributed by atoms with Gasteiger partial charge in [0.25, 0.3) is 0 Å². The average Bonchev–Trinajstić information content (AvgIpc) is 3.08. The van der Waals surface area contributed by atoms with E-state index in [2.05, 4.69) is 14.5 Å². The number of nitrogens with zero attached hydrogens (tertiary/aromatic N) is 3. The van der Waals surface area contributed by atoms with Gasteiger partial charge in [-0.3, -0.25) is 4.57 Å². The Bertz CT molecular complexity index is 1290. The first-order valence-corrected chi connectivity index (χ1v) is 10.7. The second-order valence-corrected chi connectivity index (χ2v) is 8.89. The molecular weight excluding hydrogens is 486 g/mol. The summed E-state index contributed by atoms with van der Waals surface area (Å²) in [6, 6.07) is 10.1. The normalized spacial score (nSPS) is 16.5. The number of urea groups is 1. The van der Waals surface area contributed by atoms with Crippen LogP contribution in [0.2, 0.25) is 5.02 Å². The molecule has 0 spiro atoms. The van der Waals surface area contributed by atoms with Crippen molar-refractivity contribution in [1.29, 1.82) is 0 Å². The Labute approximate surface area is 194 Å². The van der Waals surface area contributed by atoms with E-state index in [9.17, 15) is 22.4 Å². The van der Waals surface area contributed by atoms with Crippen molar-refractivity contribution >= 4 is 29.0 Å². The number of alkyl halides is 4. The summed E-state index contributed by atoms with van der Waals surface area (Å²) in [5.41, 5.74) is 1.08. The van der Waals surface area contributed by atoms with Crippen LogP contribution in [0.3, 0.4) is 0 Å². The van der Waals surface area contributed by atoms with E-state index in [-0.39, 0.29) is 17.0 Å². The molecule has 1 aliphatic heterocycles. The van der Waals surface area contributed by atoms with Crippen molar-refractivity contribution in [2.24, 2.45) is 4.99 Å². The molecule has 2 aromatic carbocycles. The van der Waals surface area contributed by atoms with Crippen LogP contribution in [0.15, 0.2) is 53.7 Å². The highest BCUT2D eigenvalue weighted by Crippen LogP contribution is 2.47. The molecule has 33 heavy (non-hydrogen) atoms. The van der Waals surface area contributed by atoms with Gasteiger partial charge >= 0.3 is 18.2 Å². The number of rotatable bonds is 3. The maximum absolute atomic E-state index is 13.6. The predicted molar refractivity (Wildman–Crippen MR) is 113 cm³/mol. The molecule has 0 aliphatic carbocycles. The largest absolute Gasteiger partial charge is 0.507 e. The number of amides is 2. The van der Waals surface area contributed by atoms with Gasteiger partial charge < -0.3 is 14.4 Å². The van der Waals surface area contributed by atoms with Gasteiger partial charge in [0.1, 0.15) is 0 Å². The Hall–Kier alpha value is -3.05. The summed E-state index contributed by atoms with van der Waals surface area (Å²) < 4.78 is 63.7. The summed E-state index contributed by atoms with van der Waals surface area (Å²) in [6.45, 7) is 2.04. The zero-order chi connectivity index (χ0) is 24.0. The number of hydrogen-bond donors (Lipinski definition) is 0. The Balaban J connectivity index is 1.64. The summed E-state index contributed by atoms with van der Waals surface area (Å²) >= 11 is 7.16. The molecule has 0 saturated heterocycles. The van der Waals surface area contributed by atoms with E-state index in [1.54, 1.807) is 38.4 Å². The molecule has 0 radical (unpaired) electrons. The van der Waals surface area contributed by atoms with Gasteiger partial charge in [0.15, 0.2) is 16.3 Å². The molecule has 2 amide bonds. The van der Waals surface area contributed by atoms with E-state index in [0.717, 1.165) is 22.6 Å². The first kappa shape index (κ1) is 23.1. The van der Waals surface area contributed by atoms with Crippen molar-refractivity contribution < 1.29 is 31.8 Å². The number of carbonyl (C=O) groups excluding carboxylic acids is 1. The van der Waals surface area contributed by atoms with E-state index < -0.39 is 29.7 Å². The van der Waals surface area contributed by atoms with Crippen molar-refractivity contribution in [3.8, 4) is 17.2 Å². The first-order chi connectivity index (χ1) is 15.4. The molecule has 0 atom stereocenters. The topological polar surface area (TPSA) is 56.1 Å². The zero-order valence-corrected chi connectivity index (χ0v) is 18.8. The maximum Gasteiger partial charge on any atom is 0.507 e. The molecule has 0 saturated carbocycles. The minimum atomic E-state index is -4.83. The zero-order valence-electron chi connectivity index (χ0n) is 17.2. The molecule has 12 heteroatoms. The minimum Gasteiger partial charge on any atom is -0.421 e. The summed E-state index contributed by atoms with van der Waals surface area (Å²) in [7, 11) is 1.57. The predicted octanol–water partition coefficient (Wildman–Crippen LogP) is 5.61. The highest BCUT2D eigenvalue weighted by Gasteiger charge is 2.65. The first-order valence-electron chi connectivity index (χ1n) is 9.47. The van der Waals surface area contributed by atoms with E-state index in [1.807, 2.05) is 6.07 Å². The number of ether oxygens (including phenoxy) is 2. The van der Waals surface area contributed by atoms with Crippen LogP contribution < -0.4 is 14.3 Å². The number of aryl methyl sites for hydroxylation is 1. The van der Waals surface area contributed by atoms with Crippen LogP contribution in [0, 0.1) is 6.92 Å². The smallest absolute Gasteiger partial charge is 0.421 e. The van der Waals surface area contributed by atoms with Gasteiger partial charge in [-0.1, -0.05) is 23.7 Å². The van der Waals surface area contributed by atoms with Crippen LogP contribution in [-0.2, 0) is 6.54 Å². The third kappa shape index (κ3) is 4.69. The van der Waals surface area contributed by atoms with Crippen molar-refractivity contribution in [2.75, 3.05) is 7.05 Å². The average molecular weight is 502 g/mol. The van der Waals surface area contributed by atoms with Crippen molar-refractivity contribution in [1.82, 2.24) is 9.47 Å². The highest BCUT2D eigenvalue weighted by atomic mass is 35.5. The van der Waals surface area contributed by atoms with Crippen LogP contribution in [0.1, 0.15) is 10.4 Å². The summed E-state index contributed by atoms with van der Waals surface area (Å²) in [6.07, 6.45) is -8.00. The fourth-order valence-corrected chi connectivity index (χ4v) is 4.11. The SMILES string of the molecule is Cc1cn(-c2ccc3c(c2)OC(F)(F)C(F)(F)O3)/c(=N/C(=O)N(C)Cc2cccc(Cl)c2)s1. The monoisotopic (exact) mass is 501 g/mol. The van der Waals surface area contributed by atoms with Gasteiger partial charge in [0.05, 0.1) is 5.69 Å². The minimum absolute atomic E-state index is 0.254. The molecule has 0 unspecified atom stereocenters. The molecule has 3 aromatic rings. The van der Waals surface area contributed by atoms with Gasteiger partial charge in [-0.2, -0.15) is 22.6 Å². The third-order valence-electron chi connectivity index (χ3n) is 4.62. The van der Waals surface area contributed by atoms with Crippen LogP contribution in [0.4, 0.5) is 22.4 Å². The van der Waals surface area contributed by atoms with Crippen molar-refractivity contribution in [3.05, 3.63) is 68.9 Å². The number of aromatic nitrogens is 1. The lowest BCUT2D eigenvalue weighted by Gasteiger charge is -2.31. The number of halogens is 5. The van der Waals surface area contributed by atoms with E-state index in [4.69, 9.17) is 11.6 Å². The molecule has 6 nitrogen and oxygen atoms in total. The number of hydrogen-bond acceptors (Lipinski definition) is 4. The Morgan fingerprint density at radius 3 is 2.52 bits per heavy atom. The van der Waals surface area contributed by atoms with E-state index >= 15 is 0 Å². The van der Waals surface area contributed by atoms with Gasteiger partial charge in [0.2, 0.25) is 0 Å². The molecule has 0 fully saturated rings. The van der Waals surface area contributed by atoms with Crippen LogP contribution in [0.25, 0.3) is 5.69 Å². The van der Waals surface area contributed by atoms with Gasteiger partial charge in [-0.15, -0.1) is 11.3 Å². The van der Waals surface area contributed by atoms with Gasteiger partial charge in [0, 0.05) is 35.8 Å². The lowest BCUT2D eigenvalue weighted by Crippen LogP contribution is -2.52. The molecule has 1 aliphatic rings. The van der Waals surface area contributed by atoms with Crippen LogP contribution in [-0.4, -0.2) is 34.8 Å². The van der Waals surface area contributed by atoms with Crippen LogP contribution in [0.5, 0.6) is 11.5 Å². The molecule has 1 aromatic heterocycles. The molecule has 0 N–H and O–H groups in total. The number of carbonyl (C=O) groups is 1. The fraction of sp³-hybridized carbons (Fsp3) is 0.238. The summed E-state index contributed by atoms with van der Waals surface area (Å²) in [5, 5.41) is 0.541. The maximum atomic E-state index is 13.6. The molecule has 174 valence electrons. The van der Waals surface area contributed by atoms with Crippen molar-refractivity contribution in [3.63, 3.8) is 0 Å². The highest BCUT2D eigenvalue weighted by molar-refractivity contribution is 7.09. The standard InChI is InChI=1S/C21H16ClF4N3O3S/c1-12-10-29(15-6-7-16-17(9-15)32-21(25,26)20(23,24)31-16)19(33-12)27-18(30)28(2)11-13-4-3-5-14(22)8-13/h3-10H,11H2,1-2H3/b27-19-. The molecule has 2 heterocycles. The van der Waals surface area contributed by atoms with Gasteiger partial charge in [-0.25, -0.2) is 4.79 Å². The Morgan fingerprint density at radius 2 is 1.82 bits per heavy atom. The second kappa shape index (κ2) is 8.38. The quantitative estimate of drug-likeness (QED) is 0.438. The number of thiazole rings is 1. The molecule has 4 rings (SSSR count). The Morgan fingerprint density at radius 1 is 1.12 bits per heavy atom. The second-order valence-electron chi connectivity index (χ2n) is 7.24. The van der Waals surface area contributed by atoms with Crippen molar-refractivity contribution in [2.45, 2.75) is 25.7 Å². The van der Waals surface area contributed by atoms with Crippen LogP contribution >= 0.6 is 22.9 Å². The van der Waals surface area contributed by atoms with E-state index in [0.29, 0.717) is 5.02 Å². The fourth-order valence-electron chi connectivity index (χ4n) is 3.07. The summed E-state index contributed by atoms with van der Waals surface area (Å²) in [5.74, 6) is -1.09. The lowest BCUT2D eigenvalue weighted by atomic mass is 10.2. The lowest BCUT2D eigenvalue weighted by molar-refractivity contribution is -0.391. The third-order valence-corrected chi connectivity index (χ3v) is 5.75.